The van der Waals surface area contributed by atoms with Gasteiger partial charge >= 0.3 is 0 Å². The molecule has 2 unspecified atom stereocenters. The number of hydrogen-bond donors (Lipinski definition) is 1. The molecule has 2 fully saturated rings. The second-order valence-electron chi connectivity index (χ2n) is 7.04. The first-order chi connectivity index (χ1) is 9.40. The van der Waals surface area contributed by atoms with Gasteiger partial charge in [-0.3, -0.25) is 0 Å². The molecule has 0 aromatic heterocycles. The van der Waals surface area contributed by atoms with E-state index < -0.39 is 0 Å². The topological polar surface area (TPSA) is 12.0 Å². The lowest BCUT2D eigenvalue weighted by Gasteiger charge is -2.32. The quantitative estimate of drug-likeness (QED) is 0.529. The Hall–Kier alpha value is -0.0400. The van der Waals surface area contributed by atoms with Crippen LogP contribution in [0.1, 0.15) is 90.4 Å². The molecule has 2 aliphatic carbocycles. The Bertz CT molecular complexity index is 222. The van der Waals surface area contributed by atoms with Crippen molar-refractivity contribution < 1.29 is 0 Å². The van der Waals surface area contributed by atoms with Gasteiger partial charge in [0.05, 0.1) is 0 Å². The molecule has 0 saturated heterocycles. The Morgan fingerprint density at radius 3 is 2.21 bits per heavy atom. The van der Waals surface area contributed by atoms with Gasteiger partial charge in [-0.15, -0.1) is 0 Å². The maximum atomic E-state index is 3.77. The Morgan fingerprint density at radius 2 is 1.47 bits per heavy atom. The van der Waals surface area contributed by atoms with E-state index in [9.17, 15) is 0 Å². The predicted octanol–water partition coefficient (Wildman–Crippen LogP) is 5.30. The third kappa shape index (κ3) is 6.29. The van der Waals surface area contributed by atoms with Gasteiger partial charge in [-0.2, -0.15) is 0 Å². The van der Waals surface area contributed by atoms with Crippen molar-refractivity contribution in [3.63, 3.8) is 0 Å². The summed E-state index contributed by atoms with van der Waals surface area (Å²) in [6.07, 6.45) is 19.1. The summed E-state index contributed by atoms with van der Waals surface area (Å²) in [5.41, 5.74) is 0. The molecule has 0 radical (unpaired) electrons. The largest absolute Gasteiger partial charge is 0.314 e. The van der Waals surface area contributed by atoms with Gasteiger partial charge in [0.25, 0.3) is 0 Å². The Kier molecular flexibility index (Phi) is 7.27. The average molecular weight is 265 g/mol. The van der Waals surface area contributed by atoms with Crippen molar-refractivity contribution in [2.24, 2.45) is 11.8 Å². The minimum atomic E-state index is 0.900. The molecule has 1 N–H and O–H groups in total. The van der Waals surface area contributed by atoms with E-state index in [2.05, 4.69) is 12.2 Å². The number of nitrogens with one attached hydrogen (secondary N) is 1. The fourth-order valence-corrected chi connectivity index (χ4v) is 3.73. The highest BCUT2D eigenvalue weighted by atomic mass is 14.9. The molecule has 0 aromatic carbocycles. The molecule has 0 aliphatic heterocycles. The lowest BCUT2D eigenvalue weighted by Crippen LogP contribution is -2.31. The highest BCUT2D eigenvalue weighted by Crippen LogP contribution is 2.34. The summed E-state index contributed by atoms with van der Waals surface area (Å²) in [6, 6.07) is 0.900. The number of rotatable bonds is 10. The summed E-state index contributed by atoms with van der Waals surface area (Å²) in [5, 5.41) is 3.77. The van der Waals surface area contributed by atoms with Gasteiger partial charge in [-0.1, -0.05) is 71.1 Å². The Morgan fingerprint density at radius 1 is 0.789 bits per heavy atom. The second-order valence-corrected chi connectivity index (χ2v) is 7.04. The zero-order valence-corrected chi connectivity index (χ0v) is 13.1. The molecule has 0 heterocycles. The molecule has 2 atom stereocenters. The van der Waals surface area contributed by atoms with Crippen molar-refractivity contribution in [3.05, 3.63) is 0 Å². The highest BCUT2D eigenvalue weighted by molar-refractivity contribution is 4.84. The molecular formula is C18H35N. The molecular weight excluding hydrogens is 230 g/mol. The highest BCUT2D eigenvalue weighted by Gasteiger charge is 2.27. The van der Waals surface area contributed by atoms with Gasteiger partial charge < -0.3 is 5.32 Å². The van der Waals surface area contributed by atoms with Crippen LogP contribution in [0.3, 0.4) is 0 Å². The SMILES string of the molecule is CCCCCCCCC1CCCCC1CNC1CC1. The van der Waals surface area contributed by atoms with Crippen LogP contribution < -0.4 is 5.32 Å². The van der Waals surface area contributed by atoms with E-state index in [0.29, 0.717) is 0 Å². The summed E-state index contributed by atoms with van der Waals surface area (Å²) in [6.45, 7) is 3.63. The Labute approximate surface area is 120 Å². The van der Waals surface area contributed by atoms with Crippen LogP contribution in [0.5, 0.6) is 0 Å². The van der Waals surface area contributed by atoms with Gasteiger partial charge in [0.1, 0.15) is 0 Å². The maximum Gasteiger partial charge on any atom is 0.00683 e. The van der Waals surface area contributed by atoms with Crippen molar-refractivity contribution in [1.82, 2.24) is 5.32 Å². The molecule has 1 nitrogen and oxygen atoms in total. The van der Waals surface area contributed by atoms with E-state index in [1.54, 1.807) is 0 Å². The van der Waals surface area contributed by atoms with E-state index >= 15 is 0 Å². The Balaban J connectivity index is 1.55. The molecule has 0 spiro atoms. The minimum Gasteiger partial charge on any atom is -0.314 e. The summed E-state index contributed by atoms with van der Waals surface area (Å²) in [5.74, 6) is 2.05. The van der Waals surface area contributed by atoms with E-state index in [4.69, 9.17) is 0 Å². The van der Waals surface area contributed by atoms with Crippen LogP contribution in [-0.4, -0.2) is 12.6 Å². The molecule has 19 heavy (non-hydrogen) atoms. The molecule has 2 aliphatic rings. The maximum absolute atomic E-state index is 3.77. The van der Waals surface area contributed by atoms with Crippen molar-refractivity contribution in [1.29, 1.82) is 0 Å². The molecule has 112 valence electrons. The lowest BCUT2D eigenvalue weighted by atomic mass is 9.76. The van der Waals surface area contributed by atoms with Crippen molar-refractivity contribution in [2.75, 3.05) is 6.54 Å². The van der Waals surface area contributed by atoms with E-state index in [1.807, 2.05) is 0 Å². The van der Waals surface area contributed by atoms with Crippen LogP contribution in [0.25, 0.3) is 0 Å². The van der Waals surface area contributed by atoms with Gasteiger partial charge in [0.2, 0.25) is 0 Å². The lowest BCUT2D eigenvalue weighted by molar-refractivity contribution is 0.212. The number of hydrogen-bond acceptors (Lipinski definition) is 1. The van der Waals surface area contributed by atoms with Crippen molar-refractivity contribution in [2.45, 2.75) is 96.4 Å². The van der Waals surface area contributed by atoms with E-state index in [-0.39, 0.29) is 0 Å². The monoisotopic (exact) mass is 265 g/mol. The van der Waals surface area contributed by atoms with Crippen LogP contribution in [0, 0.1) is 11.8 Å². The summed E-state index contributed by atoms with van der Waals surface area (Å²) < 4.78 is 0. The average Bonchev–Trinajstić information content (AvgIpc) is 3.25. The first-order valence-electron chi connectivity index (χ1n) is 9.13. The van der Waals surface area contributed by atoms with Crippen LogP contribution in [0.4, 0.5) is 0 Å². The van der Waals surface area contributed by atoms with E-state index in [0.717, 1.165) is 17.9 Å². The molecule has 2 rings (SSSR count). The third-order valence-electron chi connectivity index (χ3n) is 5.24. The van der Waals surface area contributed by atoms with Crippen LogP contribution in [0.15, 0.2) is 0 Å². The second kappa shape index (κ2) is 9.00. The molecule has 0 bridgehead atoms. The molecule has 0 amide bonds. The van der Waals surface area contributed by atoms with E-state index in [1.165, 1.54) is 90.0 Å². The molecule has 1 heteroatoms. The summed E-state index contributed by atoms with van der Waals surface area (Å²) in [4.78, 5) is 0. The first kappa shape index (κ1) is 15.4. The summed E-state index contributed by atoms with van der Waals surface area (Å²) >= 11 is 0. The minimum absolute atomic E-state index is 0.900. The smallest absolute Gasteiger partial charge is 0.00683 e. The van der Waals surface area contributed by atoms with Crippen LogP contribution in [0.2, 0.25) is 0 Å². The standard InChI is InChI=1S/C18H35N/c1-2-3-4-5-6-7-10-16-11-8-9-12-17(16)15-19-18-13-14-18/h16-19H,2-15H2,1H3. The first-order valence-corrected chi connectivity index (χ1v) is 9.13. The van der Waals surface area contributed by atoms with Gasteiger partial charge in [-0.25, -0.2) is 0 Å². The predicted molar refractivity (Wildman–Crippen MR) is 84.5 cm³/mol. The van der Waals surface area contributed by atoms with Gasteiger partial charge in [-0.05, 0) is 37.6 Å². The fraction of sp³-hybridized carbons (Fsp3) is 1.00. The van der Waals surface area contributed by atoms with Crippen molar-refractivity contribution in [3.8, 4) is 0 Å². The van der Waals surface area contributed by atoms with Gasteiger partial charge in [0.15, 0.2) is 0 Å². The number of unbranched alkanes of at least 4 members (excludes halogenated alkanes) is 5. The normalized spacial score (nSPS) is 27.6. The molecule has 2 saturated carbocycles. The third-order valence-corrected chi connectivity index (χ3v) is 5.24. The fourth-order valence-electron chi connectivity index (χ4n) is 3.73. The zero-order valence-electron chi connectivity index (χ0n) is 13.1. The molecule has 0 aromatic rings. The van der Waals surface area contributed by atoms with Crippen molar-refractivity contribution >= 4 is 0 Å². The van der Waals surface area contributed by atoms with Crippen LogP contribution in [-0.2, 0) is 0 Å². The summed E-state index contributed by atoms with van der Waals surface area (Å²) in [7, 11) is 0. The van der Waals surface area contributed by atoms with Gasteiger partial charge in [0, 0.05) is 6.04 Å². The van der Waals surface area contributed by atoms with Crippen LogP contribution >= 0.6 is 0 Å². The zero-order chi connectivity index (χ0) is 13.3.